The first kappa shape index (κ1) is 12.7. The number of piperidine rings is 1. The zero-order valence-corrected chi connectivity index (χ0v) is 11.8. The van der Waals surface area contributed by atoms with E-state index in [4.69, 9.17) is 4.52 Å². The van der Waals surface area contributed by atoms with Gasteiger partial charge in [-0.15, -0.1) is 0 Å². The molecule has 19 heavy (non-hydrogen) atoms. The Hall–Kier alpha value is -1.27. The van der Waals surface area contributed by atoms with Crippen LogP contribution in [-0.4, -0.2) is 16.7 Å². The average Bonchev–Trinajstić information content (AvgIpc) is 2.88. The van der Waals surface area contributed by atoms with Crippen LogP contribution in [0.2, 0.25) is 0 Å². The Kier molecular flexibility index (Phi) is 3.61. The third-order valence-electron chi connectivity index (χ3n) is 3.17. The van der Waals surface area contributed by atoms with Gasteiger partial charge in [-0.3, -0.25) is 0 Å². The number of hydrogen-bond acceptors (Lipinski definition) is 4. The molecule has 1 fully saturated rings. The zero-order valence-electron chi connectivity index (χ0n) is 10.2. The molecule has 1 N–H and O–H groups in total. The molecule has 100 valence electrons. The predicted molar refractivity (Wildman–Crippen MR) is 72.0 cm³/mol. The van der Waals surface area contributed by atoms with Crippen LogP contribution in [0.3, 0.4) is 0 Å². The Balaban J connectivity index is 1.87. The highest BCUT2D eigenvalue weighted by molar-refractivity contribution is 9.10. The average molecular weight is 326 g/mol. The van der Waals surface area contributed by atoms with Crippen molar-refractivity contribution in [2.24, 2.45) is 0 Å². The van der Waals surface area contributed by atoms with Crippen LogP contribution in [0.15, 0.2) is 27.2 Å². The molecule has 3 rings (SSSR count). The number of hydrogen-bond donors (Lipinski definition) is 1. The third kappa shape index (κ3) is 2.84. The molecule has 0 radical (unpaired) electrons. The fourth-order valence-corrected chi connectivity index (χ4v) is 2.70. The van der Waals surface area contributed by atoms with E-state index < -0.39 is 0 Å². The van der Waals surface area contributed by atoms with Gasteiger partial charge >= 0.3 is 0 Å². The summed E-state index contributed by atoms with van der Waals surface area (Å²) < 4.78 is 19.3. The largest absolute Gasteiger partial charge is 0.337 e. The van der Waals surface area contributed by atoms with E-state index >= 15 is 0 Å². The van der Waals surface area contributed by atoms with Gasteiger partial charge < -0.3 is 9.84 Å². The zero-order chi connectivity index (χ0) is 13.2. The Morgan fingerprint density at radius 2 is 2.21 bits per heavy atom. The molecule has 1 aliphatic rings. The Labute approximate surface area is 118 Å². The minimum Gasteiger partial charge on any atom is -0.337 e. The molecule has 1 aromatic heterocycles. The van der Waals surface area contributed by atoms with Crippen molar-refractivity contribution < 1.29 is 8.91 Å². The lowest BCUT2D eigenvalue weighted by atomic mass is 10.1. The van der Waals surface area contributed by atoms with E-state index in [1.165, 1.54) is 18.6 Å². The maximum Gasteiger partial charge on any atom is 0.244 e. The second-order valence-electron chi connectivity index (χ2n) is 4.62. The third-order valence-corrected chi connectivity index (χ3v) is 3.63. The van der Waals surface area contributed by atoms with Gasteiger partial charge in [0.05, 0.1) is 6.04 Å². The van der Waals surface area contributed by atoms with Gasteiger partial charge in [0, 0.05) is 10.0 Å². The van der Waals surface area contributed by atoms with Crippen molar-refractivity contribution in [1.29, 1.82) is 0 Å². The van der Waals surface area contributed by atoms with Crippen molar-refractivity contribution in [2.75, 3.05) is 6.54 Å². The molecule has 1 aliphatic heterocycles. The van der Waals surface area contributed by atoms with E-state index in [9.17, 15) is 4.39 Å². The molecule has 0 spiro atoms. The second kappa shape index (κ2) is 5.38. The number of nitrogens with zero attached hydrogens (tertiary/aromatic N) is 2. The Morgan fingerprint density at radius 1 is 1.32 bits per heavy atom. The van der Waals surface area contributed by atoms with Gasteiger partial charge in [-0.25, -0.2) is 4.39 Å². The quantitative estimate of drug-likeness (QED) is 0.918. The second-order valence-corrected chi connectivity index (χ2v) is 5.53. The van der Waals surface area contributed by atoms with Gasteiger partial charge in [0.1, 0.15) is 5.82 Å². The summed E-state index contributed by atoms with van der Waals surface area (Å²) in [6, 6.07) is 4.68. The first-order chi connectivity index (χ1) is 9.22. The van der Waals surface area contributed by atoms with Crippen molar-refractivity contribution in [3.8, 4) is 11.4 Å². The van der Waals surface area contributed by atoms with Gasteiger partial charge in [-0.05, 0) is 37.6 Å². The number of nitrogens with one attached hydrogen (secondary N) is 1. The smallest absolute Gasteiger partial charge is 0.244 e. The summed E-state index contributed by atoms with van der Waals surface area (Å²) >= 11 is 3.26. The molecule has 1 atom stereocenters. The molecule has 0 amide bonds. The van der Waals surface area contributed by atoms with Crippen molar-refractivity contribution in [3.05, 3.63) is 34.4 Å². The van der Waals surface area contributed by atoms with E-state index in [0.717, 1.165) is 19.4 Å². The monoisotopic (exact) mass is 325 g/mol. The van der Waals surface area contributed by atoms with E-state index in [-0.39, 0.29) is 11.9 Å². The molecule has 6 heteroatoms. The summed E-state index contributed by atoms with van der Waals surface area (Å²) in [5.74, 6) is 0.671. The summed E-state index contributed by atoms with van der Waals surface area (Å²) in [7, 11) is 0. The topological polar surface area (TPSA) is 51.0 Å². The lowest BCUT2D eigenvalue weighted by Gasteiger charge is -2.19. The normalized spacial score (nSPS) is 19.6. The molecule has 2 aromatic rings. The lowest BCUT2D eigenvalue weighted by Crippen LogP contribution is -2.26. The van der Waals surface area contributed by atoms with Crippen molar-refractivity contribution >= 4 is 15.9 Å². The van der Waals surface area contributed by atoms with Crippen LogP contribution in [0.4, 0.5) is 4.39 Å². The van der Waals surface area contributed by atoms with Crippen molar-refractivity contribution in [3.63, 3.8) is 0 Å². The fourth-order valence-electron chi connectivity index (χ4n) is 2.24. The highest BCUT2D eigenvalue weighted by atomic mass is 79.9. The van der Waals surface area contributed by atoms with Crippen molar-refractivity contribution in [1.82, 2.24) is 15.5 Å². The summed E-state index contributed by atoms with van der Waals surface area (Å²) in [6.07, 6.45) is 3.32. The molecule has 2 heterocycles. The Bertz CT molecular complexity index is 561. The maximum absolute atomic E-state index is 13.3. The van der Waals surface area contributed by atoms with Crippen LogP contribution in [0.25, 0.3) is 11.4 Å². The molecule has 0 unspecified atom stereocenters. The van der Waals surface area contributed by atoms with E-state index in [1.807, 2.05) is 0 Å². The molecule has 0 aliphatic carbocycles. The molecular formula is C13H13BrFN3O. The molecule has 1 saturated heterocycles. The van der Waals surface area contributed by atoms with Crippen LogP contribution in [-0.2, 0) is 0 Å². The number of benzene rings is 1. The van der Waals surface area contributed by atoms with Gasteiger partial charge in [-0.1, -0.05) is 27.5 Å². The summed E-state index contributed by atoms with van der Waals surface area (Å²) in [5.41, 5.74) is 0.609. The number of aromatic nitrogens is 2. The number of halogens is 2. The van der Waals surface area contributed by atoms with E-state index in [0.29, 0.717) is 21.8 Å². The van der Waals surface area contributed by atoms with Crippen LogP contribution in [0.5, 0.6) is 0 Å². The molecule has 0 bridgehead atoms. The highest BCUT2D eigenvalue weighted by Crippen LogP contribution is 2.26. The van der Waals surface area contributed by atoms with Gasteiger partial charge in [0.15, 0.2) is 0 Å². The summed E-state index contributed by atoms with van der Waals surface area (Å²) in [4.78, 5) is 4.36. The van der Waals surface area contributed by atoms with E-state index in [2.05, 4.69) is 31.4 Å². The predicted octanol–water partition coefficient (Wildman–Crippen LogP) is 3.45. The van der Waals surface area contributed by atoms with Crippen LogP contribution < -0.4 is 5.32 Å². The van der Waals surface area contributed by atoms with Crippen molar-refractivity contribution in [2.45, 2.75) is 25.3 Å². The molecule has 1 aromatic carbocycles. The standard InChI is InChI=1S/C13H13BrFN3O/c14-9-5-8(6-10(15)7-9)12-17-13(19-18-12)11-3-1-2-4-16-11/h5-7,11,16H,1-4H2/t11-/m1/s1. The maximum atomic E-state index is 13.3. The lowest BCUT2D eigenvalue weighted by molar-refractivity contribution is 0.297. The van der Waals surface area contributed by atoms with Gasteiger partial charge in [0.25, 0.3) is 0 Å². The SMILES string of the molecule is Fc1cc(Br)cc(-c2noc([C@H]3CCCCN3)n2)c1. The molecular weight excluding hydrogens is 313 g/mol. The van der Waals surface area contributed by atoms with Crippen LogP contribution in [0.1, 0.15) is 31.2 Å². The summed E-state index contributed by atoms with van der Waals surface area (Å²) in [5, 5.41) is 7.27. The molecule has 0 saturated carbocycles. The van der Waals surface area contributed by atoms with Gasteiger partial charge in [-0.2, -0.15) is 4.98 Å². The fraction of sp³-hybridized carbons (Fsp3) is 0.385. The van der Waals surface area contributed by atoms with E-state index in [1.54, 1.807) is 6.07 Å². The van der Waals surface area contributed by atoms with Crippen LogP contribution in [0, 0.1) is 5.82 Å². The Morgan fingerprint density at radius 3 is 2.95 bits per heavy atom. The minimum absolute atomic E-state index is 0.118. The first-order valence-corrected chi connectivity index (χ1v) is 7.05. The first-order valence-electron chi connectivity index (χ1n) is 6.26. The van der Waals surface area contributed by atoms with Gasteiger partial charge in [0.2, 0.25) is 11.7 Å². The molecule has 4 nitrogen and oxygen atoms in total. The number of rotatable bonds is 2. The highest BCUT2D eigenvalue weighted by Gasteiger charge is 2.21. The van der Waals surface area contributed by atoms with Crippen LogP contribution >= 0.6 is 15.9 Å². The summed E-state index contributed by atoms with van der Waals surface area (Å²) in [6.45, 7) is 0.966. The minimum atomic E-state index is -0.327.